The fourth-order valence-corrected chi connectivity index (χ4v) is 2.91. The second kappa shape index (κ2) is 7.87. The van der Waals surface area contributed by atoms with E-state index in [1.54, 1.807) is 0 Å². The number of carbonyl (C=O) groups excluding carboxylic acids is 1. The van der Waals surface area contributed by atoms with Crippen molar-refractivity contribution in [2.24, 2.45) is 0 Å². The number of halogens is 3. The van der Waals surface area contributed by atoms with Gasteiger partial charge < -0.3 is 19.9 Å². The molecule has 0 atom stereocenters. The van der Waals surface area contributed by atoms with Gasteiger partial charge >= 0.3 is 6.36 Å². The van der Waals surface area contributed by atoms with Crippen LogP contribution in [0.2, 0.25) is 0 Å². The first-order chi connectivity index (χ1) is 12.8. The first-order valence-electron chi connectivity index (χ1n) is 8.64. The number of quaternary nitrogens is 1. The third-order valence-corrected chi connectivity index (χ3v) is 4.46. The summed E-state index contributed by atoms with van der Waals surface area (Å²) in [5.74, 6) is -0.762. The van der Waals surface area contributed by atoms with Gasteiger partial charge in [0.15, 0.2) is 0 Å². The molecule has 0 radical (unpaired) electrons. The number of piperazine rings is 1. The van der Waals surface area contributed by atoms with Gasteiger partial charge in [0.05, 0.1) is 33.2 Å². The number of anilines is 2. The molecule has 2 N–H and O–H groups in total. The summed E-state index contributed by atoms with van der Waals surface area (Å²) in [4.78, 5) is 16.1. The smallest absolute Gasteiger partial charge is 0.406 e. The van der Waals surface area contributed by atoms with Gasteiger partial charge in [-0.05, 0) is 48.5 Å². The summed E-state index contributed by atoms with van der Waals surface area (Å²) in [6.07, 6.45) is -4.75. The number of nitrogens with zero attached hydrogens (tertiary/aromatic N) is 1. The molecule has 2 aromatic rings. The molecule has 1 heterocycles. The number of likely N-dealkylation sites (N-methyl/N-ethyl adjacent to an activating group) is 1. The molecule has 1 fully saturated rings. The maximum absolute atomic E-state index is 12.2. The molecule has 27 heavy (non-hydrogen) atoms. The molecule has 144 valence electrons. The van der Waals surface area contributed by atoms with E-state index in [1.165, 1.54) is 17.0 Å². The number of rotatable bonds is 4. The first kappa shape index (κ1) is 19.0. The minimum Gasteiger partial charge on any atom is -0.406 e. The third-order valence-electron chi connectivity index (χ3n) is 4.46. The van der Waals surface area contributed by atoms with Crippen molar-refractivity contribution in [2.45, 2.75) is 6.36 Å². The number of hydrogen-bond acceptors (Lipinski definition) is 3. The van der Waals surface area contributed by atoms with Crippen molar-refractivity contribution in [1.29, 1.82) is 0 Å². The summed E-state index contributed by atoms with van der Waals surface area (Å²) in [7, 11) is 2.18. The maximum Gasteiger partial charge on any atom is 0.573 e. The Morgan fingerprint density at radius 3 is 2.19 bits per heavy atom. The van der Waals surface area contributed by atoms with E-state index in [-0.39, 0.29) is 11.3 Å². The van der Waals surface area contributed by atoms with Gasteiger partial charge in [-0.25, -0.2) is 0 Å². The fourth-order valence-electron chi connectivity index (χ4n) is 2.91. The molecule has 0 aliphatic carbocycles. The van der Waals surface area contributed by atoms with Gasteiger partial charge in [-0.15, -0.1) is 13.2 Å². The number of carbonyl (C=O) groups is 1. The van der Waals surface area contributed by atoms with Crippen molar-refractivity contribution < 1.29 is 27.6 Å². The number of alkyl halides is 3. The molecule has 1 saturated heterocycles. The Morgan fingerprint density at radius 1 is 1.04 bits per heavy atom. The molecule has 0 spiro atoms. The molecule has 8 heteroatoms. The minimum absolute atomic E-state index is 0.246. The monoisotopic (exact) mass is 380 g/mol. The fraction of sp³-hybridized carbons (Fsp3) is 0.316. The van der Waals surface area contributed by atoms with Crippen molar-refractivity contribution in [1.82, 2.24) is 0 Å². The van der Waals surface area contributed by atoms with Gasteiger partial charge in [0.2, 0.25) is 0 Å². The summed E-state index contributed by atoms with van der Waals surface area (Å²) in [5.41, 5.74) is 1.98. The number of nitrogens with one attached hydrogen (secondary N) is 2. The van der Waals surface area contributed by atoms with Crippen LogP contribution < -0.4 is 19.9 Å². The second-order valence-electron chi connectivity index (χ2n) is 6.52. The lowest BCUT2D eigenvalue weighted by Crippen LogP contribution is -3.12. The molecule has 3 rings (SSSR count). The second-order valence-corrected chi connectivity index (χ2v) is 6.52. The van der Waals surface area contributed by atoms with Gasteiger partial charge in [0, 0.05) is 16.9 Å². The number of hydrogen-bond donors (Lipinski definition) is 2. The summed E-state index contributed by atoms with van der Waals surface area (Å²) >= 11 is 0. The molecule has 0 unspecified atom stereocenters. The molecule has 0 aromatic heterocycles. The van der Waals surface area contributed by atoms with Crippen LogP contribution in [-0.2, 0) is 0 Å². The minimum atomic E-state index is -4.75. The largest absolute Gasteiger partial charge is 0.573 e. The highest BCUT2D eigenvalue weighted by molar-refractivity contribution is 6.04. The van der Waals surface area contributed by atoms with Crippen LogP contribution in [0.5, 0.6) is 5.75 Å². The van der Waals surface area contributed by atoms with E-state index in [2.05, 4.69) is 22.0 Å². The average molecular weight is 380 g/mol. The van der Waals surface area contributed by atoms with Gasteiger partial charge in [-0.1, -0.05) is 0 Å². The van der Waals surface area contributed by atoms with E-state index in [9.17, 15) is 18.0 Å². The van der Waals surface area contributed by atoms with Crippen LogP contribution in [0.1, 0.15) is 10.4 Å². The SMILES string of the molecule is C[NH+]1CCN(c2ccc(NC(=O)c3ccc(OC(F)(F)F)cc3)cc2)CC1. The molecule has 0 bridgehead atoms. The van der Waals surface area contributed by atoms with Crippen LogP contribution in [0.4, 0.5) is 24.5 Å². The van der Waals surface area contributed by atoms with E-state index < -0.39 is 12.3 Å². The molecule has 1 aliphatic rings. The molecule has 0 saturated carbocycles. The normalized spacial score (nSPS) is 15.5. The average Bonchev–Trinajstić information content (AvgIpc) is 2.62. The molecule has 1 aliphatic heterocycles. The summed E-state index contributed by atoms with van der Waals surface area (Å²) in [5, 5.41) is 2.74. The van der Waals surface area contributed by atoms with Crippen LogP contribution in [0.15, 0.2) is 48.5 Å². The number of ether oxygens (including phenoxy) is 1. The summed E-state index contributed by atoms with van der Waals surface area (Å²) < 4.78 is 40.3. The van der Waals surface area contributed by atoms with Crippen LogP contribution in [0, 0.1) is 0 Å². The van der Waals surface area contributed by atoms with Crippen molar-refractivity contribution in [3.05, 3.63) is 54.1 Å². The highest BCUT2D eigenvalue weighted by atomic mass is 19.4. The molecule has 2 aromatic carbocycles. The quantitative estimate of drug-likeness (QED) is 0.855. The summed E-state index contributed by atoms with van der Waals surface area (Å²) in [6, 6.07) is 12.3. The Morgan fingerprint density at radius 2 is 1.63 bits per heavy atom. The lowest BCUT2D eigenvalue weighted by Gasteiger charge is -2.31. The summed E-state index contributed by atoms with van der Waals surface area (Å²) in [6.45, 7) is 4.16. The predicted molar refractivity (Wildman–Crippen MR) is 96.4 cm³/mol. The van der Waals surface area contributed by atoms with Gasteiger partial charge in [0.25, 0.3) is 5.91 Å². The van der Waals surface area contributed by atoms with Crippen LogP contribution in [-0.4, -0.2) is 45.5 Å². The number of benzene rings is 2. The zero-order chi connectivity index (χ0) is 19.4. The maximum atomic E-state index is 12.2. The van der Waals surface area contributed by atoms with Crippen molar-refractivity contribution in [3.63, 3.8) is 0 Å². The molecule has 1 amide bonds. The van der Waals surface area contributed by atoms with Gasteiger partial charge in [0.1, 0.15) is 5.75 Å². The van der Waals surface area contributed by atoms with Gasteiger partial charge in [-0.2, -0.15) is 0 Å². The Hall–Kier alpha value is -2.74. The Balaban J connectivity index is 1.59. The topological polar surface area (TPSA) is 46.0 Å². The van der Waals surface area contributed by atoms with E-state index in [1.807, 2.05) is 24.3 Å². The first-order valence-corrected chi connectivity index (χ1v) is 8.64. The van der Waals surface area contributed by atoms with Crippen molar-refractivity contribution >= 4 is 17.3 Å². The lowest BCUT2D eigenvalue weighted by atomic mass is 10.2. The van der Waals surface area contributed by atoms with Crippen molar-refractivity contribution in [2.75, 3.05) is 43.4 Å². The van der Waals surface area contributed by atoms with Crippen LogP contribution in [0.25, 0.3) is 0 Å². The lowest BCUT2D eigenvalue weighted by molar-refractivity contribution is -0.880. The highest BCUT2D eigenvalue weighted by Gasteiger charge is 2.31. The van der Waals surface area contributed by atoms with Crippen molar-refractivity contribution in [3.8, 4) is 5.75 Å². The highest BCUT2D eigenvalue weighted by Crippen LogP contribution is 2.23. The Kier molecular flexibility index (Phi) is 5.55. The molecule has 5 nitrogen and oxygen atoms in total. The van der Waals surface area contributed by atoms with E-state index in [4.69, 9.17) is 0 Å². The van der Waals surface area contributed by atoms with E-state index >= 15 is 0 Å². The van der Waals surface area contributed by atoms with Gasteiger partial charge in [-0.3, -0.25) is 4.79 Å². The Bertz CT molecular complexity index is 768. The third kappa shape index (κ3) is 5.37. The zero-order valence-corrected chi connectivity index (χ0v) is 14.8. The zero-order valence-electron chi connectivity index (χ0n) is 14.8. The predicted octanol–water partition coefficient (Wildman–Crippen LogP) is 2.17. The van der Waals surface area contributed by atoms with Crippen LogP contribution >= 0.6 is 0 Å². The standard InChI is InChI=1S/C19H20F3N3O2/c1-24-10-12-25(13-11-24)16-6-4-15(5-7-16)23-18(26)14-2-8-17(9-3-14)27-19(20,21)22/h2-9H,10-13H2,1H3,(H,23,26)/p+1. The van der Waals surface area contributed by atoms with Crippen LogP contribution in [0.3, 0.4) is 0 Å². The number of amides is 1. The molecular weight excluding hydrogens is 359 g/mol. The van der Waals surface area contributed by atoms with E-state index in [0.29, 0.717) is 5.69 Å². The van der Waals surface area contributed by atoms with E-state index in [0.717, 1.165) is 44.0 Å². The Labute approximate surface area is 155 Å². The molecular formula is C19H21F3N3O2+.